The molecule has 10 heteroatoms. The van der Waals surface area contributed by atoms with Gasteiger partial charge in [0.2, 0.25) is 0 Å². The molecule has 0 saturated carbocycles. The molecule has 114 valence electrons. The number of rotatable bonds is 4. The smallest absolute Gasteiger partial charge is 1.00 e. The van der Waals surface area contributed by atoms with Gasteiger partial charge in [0.25, 0.3) is 20.1 Å². The Morgan fingerprint density at radius 1 is 0.864 bits per heavy atom. The topological polar surface area (TPSA) is 127 Å². The van der Waals surface area contributed by atoms with E-state index in [1.54, 1.807) is 0 Å². The molecule has 0 fully saturated rings. The third-order valence-corrected chi connectivity index (χ3v) is 4.86. The first-order valence-corrected chi connectivity index (χ1v) is 8.57. The fraction of sp³-hybridized carbons (Fsp3) is 0. The van der Waals surface area contributed by atoms with Gasteiger partial charge < -0.3 is 7.16 Å². The van der Waals surface area contributed by atoms with E-state index in [0.717, 1.165) is 12.1 Å². The Kier molecular flexibility index (Phi) is 6.02. The van der Waals surface area contributed by atoms with E-state index in [1.807, 2.05) is 0 Å². The number of sulfonamides is 1. The quantitative estimate of drug-likeness (QED) is 0.347. The summed E-state index contributed by atoms with van der Waals surface area (Å²) in [5.74, 6) is 0. The van der Waals surface area contributed by atoms with Crippen LogP contribution in [0.15, 0.2) is 58.3 Å². The van der Waals surface area contributed by atoms with Crippen molar-refractivity contribution in [3.63, 3.8) is 0 Å². The van der Waals surface area contributed by atoms with Crippen molar-refractivity contribution in [2.45, 2.75) is 9.79 Å². The second-order valence-corrected chi connectivity index (χ2v) is 7.28. The molecule has 0 aliphatic rings. The molecule has 22 heavy (non-hydrogen) atoms. The van der Waals surface area contributed by atoms with Crippen LogP contribution in [-0.2, 0) is 20.1 Å². The van der Waals surface area contributed by atoms with Crippen molar-refractivity contribution in [3.05, 3.63) is 48.5 Å². The summed E-state index contributed by atoms with van der Waals surface area (Å²) in [5.41, 5.74) is 6.09. The van der Waals surface area contributed by atoms with E-state index in [4.69, 9.17) is 10.3 Å². The van der Waals surface area contributed by atoms with Crippen LogP contribution in [0.2, 0.25) is 0 Å². The van der Waals surface area contributed by atoms with E-state index in [2.05, 4.69) is 4.72 Å². The second-order valence-electron chi connectivity index (χ2n) is 4.17. The number of hydrogen-bond acceptors (Lipinski definition) is 5. The average Bonchev–Trinajstić information content (AvgIpc) is 2.38. The molecular weight excluding hydrogens is 339 g/mol. The Morgan fingerprint density at radius 3 is 1.77 bits per heavy atom. The van der Waals surface area contributed by atoms with Gasteiger partial charge in [-0.3, -0.25) is 9.27 Å². The van der Waals surface area contributed by atoms with E-state index < -0.39 is 20.1 Å². The zero-order valence-electron chi connectivity index (χ0n) is 12.6. The maximum atomic E-state index is 12.1. The maximum Gasteiger partial charge on any atom is 1.00 e. The van der Waals surface area contributed by atoms with Crippen LogP contribution in [0.1, 0.15) is 1.43 Å². The average molecular weight is 352 g/mol. The molecule has 0 aliphatic carbocycles. The SMILES string of the molecule is Nc1ccc(S(=O)(=O)Nc2ccc(S(=O)(=O)O)cc2)cc1.[H-].[Na+]. The van der Waals surface area contributed by atoms with Gasteiger partial charge in [-0.1, -0.05) is 0 Å². The molecule has 2 rings (SSSR count). The van der Waals surface area contributed by atoms with E-state index in [1.165, 1.54) is 36.4 Å². The molecule has 0 aliphatic heterocycles. The van der Waals surface area contributed by atoms with Gasteiger partial charge in [0.15, 0.2) is 0 Å². The van der Waals surface area contributed by atoms with Crippen LogP contribution in [0.25, 0.3) is 0 Å². The number of nitrogens with two attached hydrogens (primary N) is 1. The van der Waals surface area contributed by atoms with Gasteiger partial charge in [-0.15, -0.1) is 0 Å². The van der Waals surface area contributed by atoms with Gasteiger partial charge in [0.1, 0.15) is 0 Å². The molecule has 4 N–H and O–H groups in total. The number of nitrogens with one attached hydrogen (secondary N) is 1. The molecule has 0 saturated heterocycles. The maximum absolute atomic E-state index is 12.1. The summed E-state index contributed by atoms with van der Waals surface area (Å²) in [5, 5.41) is 0. The monoisotopic (exact) mass is 352 g/mol. The minimum Gasteiger partial charge on any atom is -1.00 e. The molecular formula is C12H13N2NaO5S2. The van der Waals surface area contributed by atoms with Crippen molar-refractivity contribution in [2.75, 3.05) is 10.5 Å². The minimum atomic E-state index is -4.31. The van der Waals surface area contributed by atoms with Crippen molar-refractivity contribution in [1.29, 1.82) is 0 Å². The van der Waals surface area contributed by atoms with Gasteiger partial charge >= 0.3 is 29.6 Å². The fourth-order valence-corrected chi connectivity index (χ4v) is 3.09. The Labute approximate surface area is 152 Å². The molecule has 2 aromatic carbocycles. The molecule has 0 atom stereocenters. The standard InChI is InChI=1S/C12H12N2O5S2.Na.H/c13-9-1-5-11(6-2-9)20(15,16)14-10-3-7-12(8-4-10)21(17,18)19;;/h1-8,14H,13H2,(H,17,18,19);;/q;+1;-1. The van der Waals surface area contributed by atoms with Gasteiger partial charge in [0, 0.05) is 11.4 Å². The number of hydrogen-bond donors (Lipinski definition) is 3. The van der Waals surface area contributed by atoms with Crippen LogP contribution in [0.5, 0.6) is 0 Å². The molecule has 0 spiro atoms. The first kappa shape index (κ1) is 18.9. The Morgan fingerprint density at radius 2 is 1.32 bits per heavy atom. The van der Waals surface area contributed by atoms with Crippen LogP contribution >= 0.6 is 0 Å². The van der Waals surface area contributed by atoms with E-state index in [0.29, 0.717) is 5.69 Å². The van der Waals surface area contributed by atoms with Gasteiger partial charge in [-0.2, -0.15) is 8.42 Å². The summed E-state index contributed by atoms with van der Waals surface area (Å²) >= 11 is 0. The number of anilines is 2. The normalized spacial score (nSPS) is 11.5. The Bertz CT molecular complexity index is 853. The van der Waals surface area contributed by atoms with Gasteiger partial charge in [0.05, 0.1) is 9.79 Å². The van der Waals surface area contributed by atoms with Crippen LogP contribution in [-0.4, -0.2) is 21.4 Å². The van der Waals surface area contributed by atoms with Crippen molar-refractivity contribution >= 4 is 31.5 Å². The largest absolute Gasteiger partial charge is 1.00 e. The minimum absolute atomic E-state index is 0. The predicted molar refractivity (Wildman–Crippen MR) is 79.0 cm³/mol. The van der Waals surface area contributed by atoms with Crippen LogP contribution in [0, 0.1) is 0 Å². The van der Waals surface area contributed by atoms with Crippen molar-refractivity contribution in [1.82, 2.24) is 0 Å². The van der Waals surface area contributed by atoms with Gasteiger partial charge in [-0.05, 0) is 48.5 Å². The van der Waals surface area contributed by atoms with Crippen molar-refractivity contribution < 1.29 is 52.4 Å². The molecule has 0 heterocycles. The zero-order chi connectivity index (χ0) is 15.7. The molecule has 0 amide bonds. The van der Waals surface area contributed by atoms with Crippen LogP contribution in [0.3, 0.4) is 0 Å². The summed E-state index contributed by atoms with van der Waals surface area (Å²) < 4.78 is 57.1. The Hall–Kier alpha value is -1.10. The van der Waals surface area contributed by atoms with Crippen LogP contribution < -0.4 is 40.0 Å². The first-order valence-electron chi connectivity index (χ1n) is 5.64. The molecule has 7 nitrogen and oxygen atoms in total. The van der Waals surface area contributed by atoms with E-state index >= 15 is 0 Å². The van der Waals surface area contributed by atoms with E-state index in [-0.39, 0.29) is 46.5 Å². The summed E-state index contributed by atoms with van der Waals surface area (Å²) in [6.45, 7) is 0. The Balaban J connectivity index is 0.00000242. The molecule has 0 unspecified atom stereocenters. The molecule has 0 bridgehead atoms. The third kappa shape index (κ3) is 4.70. The molecule has 2 aromatic rings. The molecule has 0 aromatic heterocycles. The summed E-state index contributed by atoms with van der Waals surface area (Å²) in [7, 11) is -8.11. The van der Waals surface area contributed by atoms with Crippen molar-refractivity contribution in [2.24, 2.45) is 0 Å². The van der Waals surface area contributed by atoms with Crippen molar-refractivity contribution in [3.8, 4) is 0 Å². The van der Waals surface area contributed by atoms with Gasteiger partial charge in [-0.25, -0.2) is 8.42 Å². The van der Waals surface area contributed by atoms with E-state index in [9.17, 15) is 16.8 Å². The summed E-state index contributed by atoms with van der Waals surface area (Å²) in [6, 6.07) is 10.3. The number of nitrogen functional groups attached to an aromatic ring is 1. The predicted octanol–water partition coefficient (Wildman–Crippen LogP) is -1.57. The first-order chi connectivity index (χ1) is 9.68. The third-order valence-electron chi connectivity index (χ3n) is 2.59. The zero-order valence-corrected chi connectivity index (χ0v) is 15.2. The molecule has 0 radical (unpaired) electrons. The summed E-state index contributed by atoms with van der Waals surface area (Å²) in [6.07, 6.45) is 0. The summed E-state index contributed by atoms with van der Waals surface area (Å²) in [4.78, 5) is -0.298. The fourth-order valence-electron chi connectivity index (χ4n) is 1.56. The second kappa shape index (κ2) is 6.99. The van der Waals surface area contributed by atoms with Crippen LogP contribution in [0.4, 0.5) is 11.4 Å². The number of benzene rings is 2.